The number of hydrogen-bond acceptors (Lipinski definition) is 2. The van der Waals surface area contributed by atoms with Gasteiger partial charge in [0.2, 0.25) is 5.91 Å². The number of quaternary nitrogens is 1. The molecule has 2 saturated carbocycles. The minimum absolute atomic E-state index is 0.0277. The lowest BCUT2D eigenvalue weighted by Gasteiger charge is -2.58. The fourth-order valence-corrected chi connectivity index (χ4v) is 6.23. The average Bonchev–Trinajstić information content (AvgIpc) is 2.87. The molecule has 6 rings (SSSR count). The fourth-order valence-electron chi connectivity index (χ4n) is 6.23. The highest BCUT2D eigenvalue weighted by Crippen LogP contribution is 2.49. The second kappa shape index (κ2) is 5.89. The van der Waals surface area contributed by atoms with Crippen molar-refractivity contribution in [2.75, 3.05) is 14.1 Å². The van der Waals surface area contributed by atoms with Crippen molar-refractivity contribution in [1.29, 1.82) is 0 Å². The summed E-state index contributed by atoms with van der Waals surface area (Å²) in [5.74, 6) is 1.04. The van der Waals surface area contributed by atoms with E-state index in [9.17, 15) is 14.3 Å². The minimum atomic E-state index is -0.341. The van der Waals surface area contributed by atoms with Crippen LogP contribution in [0.4, 0.5) is 10.1 Å². The Morgan fingerprint density at radius 1 is 1.26 bits per heavy atom. The molecule has 0 aromatic heterocycles. The molecule has 5 atom stereocenters. The molecule has 144 valence electrons. The molecule has 1 aromatic carbocycles. The molecule has 1 aromatic rings. The lowest BCUT2D eigenvalue weighted by molar-refractivity contribution is -0.168. The molecule has 1 N–H and O–H groups in total. The van der Waals surface area contributed by atoms with Crippen molar-refractivity contribution < 1.29 is 14.3 Å². The summed E-state index contributed by atoms with van der Waals surface area (Å²) in [7, 11) is 4.06. The van der Waals surface area contributed by atoms with Crippen LogP contribution >= 0.6 is 0 Å². The first-order valence-electron chi connectivity index (χ1n) is 10.2. The summed E-state index contributed by atoms with van der Waals surface area (Å²) >= 11 is 0. The van der Waals surface area contributed by atoms with Crippen molar-refractivity contribution in [3.63, 3.8) is 0 Å². The highest BCUT2D eigenvalue weighted by molar-refractivity contribution is 5.85. The molecule has 2 aliphatic carbocycles. The maximum absolute atomic E-state index is 13.7. The van der Waals surface area contributed by atoms with Crippen LogP contribution in [0.2, 0.25) is 0 Å². The van der Waals surface area contributed by atoms with Crippen molar-refractivity contribution in [3.05, 3.63) is 35.8 Å². The lowest BCUT2D eigenvalue weighted by atomic mass is 9.62. The van der Waals surface area contributed by atoms with Gasteiger partial charge in [0.1, 0.15) is 17.7 Å². The fraction of sp³-hybridized carbons (Fsp3) is 0.591. The summed E-state index contributed by atoms with van der Waals surface area (Å²) < 4.78 is 14.2. The molecule has 3 heterocycles. The van der Waals surface area contributed by atoms with E-state index in [1.165, 1.54) is 6.07 Å². The largest absolute Gasteiger partial charge is 0.391 e. The number of allylic oxidation sites excluding steroid dienone is 1. The first-order chi connectivity index (χ1) is 12.8. The predicted octanol–water partition coefficient (Wildman–Crippen LogP) is 3.29. The second-order valence-electron chi connectivity index (χ2n) is 9.44. The van der Waals surface area contributed by atoms with Crippen LogP contribution in [-0.2, 0) is 4.79 Å². The van der Waals surface area contributed by atoms with Crippen molar-refractivity contribution in [3.8, 4) is 0 Å². The number of carbonyl (C=O) groups excluding carboxylic acids is 1. The molecule has 27 heavy (non-hydrogen) atoms. The van der Waals surface area contributed by atoms with Gasteiger partial charge in [0, 0.05) is 29.7 Å². The molecule has 4 bridgehead atoms. The summed E-state index contributed by atoms with van der Waals surface area (Å²) in [6.45, 7) is 0. The molecule has 3 aliphatic heterocycles. The van der Waals surface area contributed by atoms with Crippen molar-refractivity contribution in [2.24, 2.45) is 11.8 Å². The third kappa shape index (κ3) is 2.66. The van der Waals surface area contributed by atoms with Crippen LogP contribution in [0.25, 0.3) is 5.57 Å². The summed E-state index contributed by atoms with van der Waals surface area (Å²) in [6, 6.07) is 5.28. The summed E-state index contributed by atoms with van der Waals surface area (Å²) in [6.07, 6.45) is 7.09. The van der Waals surface area contributed by atoms with E-state index < -0.39 is 0 Å². The first kappa shape index (κ1) is 17.4. The number of amides is 1. The van der Waals surface area contributed by atoms with Crippen LogP contribution in [0.3, 0.4) is 0 Å². The van der Waals surface area contributed by atoms with E-state index in [2.05, 4.69) is 6.20 Å². The summed E-state index contributed by atoms with van der Waals surface area (Å²) in [5, 5.41) is 10.6. The van der Waals surface area contributed by atoms with Gasteiger partial charge in [0.25, 0.3) is 0 Å². The van der Waals surface area contributed by atoms with Gasteiger partial charge in [-0.15, -0.1) is 0 Å². The maximum atomic E-state index is 13.7. The van der Waals surface area contributed by atoms with Crippen LogP contribution in [-0.4, -0.2) is 48.2 Å². The van der Waals surface area contributed by atoms with Gasteiger partial charge < -0.3 is 10.0 Å². The number of halogens is 1. The van der Waals surface area contributed by atoms with Gasteiger partial charge in [-0.1, -0.05) is 0 Å². The standard InChI is InChI=1S/C22H28FN2O2/c1-25(2)12-14(18-5-4-16(23)11-20(18)25)3-6-21(26)24-17-8-13-7-15(10-17)22(27)19(24)9-13/h4-5,11-13,15,17,19,22,27H,3,6-10H2,1-2H3/q+1. The lowest BCUT2D eigenvalue weighted by Crippen LogP contribution is -2.66. The Labute approximate surface area is 159 Å². The summed E-state index contributed by atoms with van der Waals surface area (Å²) in [5.41, 5.74) is 3.12. The molecule has 4 fully saturated rings. The number of fused-ring (bicyclic) bond motifs is 1. The molecule has 0 radical (unpaired) electrons. The smallest absolute Gasteiger partial charge is 0.223 e. The zero-order valence-electron chi connectivity index (χ0n) is 16.1. The Bertz CT molecular complexity index is 834. The molecular formula is C22H28FN2O2+. The molecule has 5 aliphatic rings. The van der Waals surface area contributed by atoms with Crippen LogP contribution in [0.5, 0.6) is 0 Å². The predicted molar refractivity (Wildman–Crippen MR) is 103 cm³/mol. The van der Waals surface area contributed by atoms with E-state index in [4.69, 9.17) is 0 Å². The zero-order chi connectivity index (χ0) is 18.9. The molecule has 1 amide bonds. The van der Waals surface area contributed by atoms with E-state index in [1.54, 1.807) is 6.07 Å². The number of nitrogens with zero attached hydrogens (tertiary/aromatic N) is 2. The second-order valence-corrected chi connectivity index (χ2v) is 9.44. The Kier molecular flexibility index (Phi) is 3.79. The van der Waals surface area contributed by atoms with Gasteiger partial charge in [0.05, 0.1) is 26.2 Å². The Morgan fingerprint density at radius 3 is 2.89 bits per heavy atom. The molecule has 5 heteroatoms. The number of carbonyl (C=O) groups is 1. The van der Waals surface area contributed by atoms with Crippen LogP contribution in [0.15, 0.2) is 24.4 Å². The average molecular weight is 371 g/mol. The van der Waals surface area contributed by atoms with Gasteiger partial charge in [-0.25, -0.2) is 4.39 Å². The minimum Gasteiger partial charge on any atom is -0.391 e. The van der Waals surface area contributed by atoms with Crippen molar-refractivity contribution in [1.82, 2.24) is 9.38 Å². The quantitative estimate of drug-likeness (QED) is 0.829. The Hall–Kier alpha value is -1.72. The number of benzene rings is 1. The first-order valence-corrected chi connectivity index (χ1v) is 10.2. The van der Waals surface area contributed by atoms with E-state index >= 15 is 0 Å². The number of aliphatic hydroxyl groups is 1. The SMILES string of the molecule is C[N+]1(C)C=C(CCC(=O)N2C3CC4CC(C3)C(O)C2C4)c2ccc(F)cc21. The number of aliphatic hydroxyl groups excluding tert-OH is 1. The highest BCUT2D eigenvalue weighted by atomic mass is 19.1. The molecule has 5 unspecified atom stereocenters. The van der Waals surface area contributed by atoms with Crippen LogP contribution < -0.4 is 4.48 Å². The molecule has 2 saturated heterocycles. The van der Waals surface area contributed by atoms with Gasteiger partial charge in [-0.3, -0.25) is 9.28 Å². The highest BCUT2D eigenvalue weighted by Gasteiger charge is 2.53. The topological polar surface area (TPSA) is 40.5 Å². The van der Waals surface area contributed by atoms with Crippen molar-refractivity contribution in [2.45, 2.75) is 56.7 Å². The Morgan fingerprint density at radius 2 is 2.07 bits per heavy atom. The van der Waals surface area contributed by atoms with E-state index in [0.29, 0.717) is 35.2 Å². The van der Waals surface area contributed by atoms with Gasteiger partial charge in [0.15, 0.2) is 0 Å². The van der Waals surface area contributed by atoms with Gasteiger partial charge in [-0.2, -0.15) is 0 Å². The van der Waals surface area contributed by atoms with E-state index in [0.717, 1.165) is 42.5 Å². The maximum Gasteiger partial charge on any atom is 0.223 e. The number of piperidine rings is 2. The molecular weight excluding hydrogens is 343 g/mol. The van der Waals surface area contributed by atoms with Crippen molar-refractivity contribution >= 4 is 17.2 Å². The van der Waals surface area contributed by atoms with E-state index in [1.807, 2.05) is 25.1 Å². The third-order valence-corrected chi connectivity index (χ3v) is 7.32. The third-order valence-electron chi connectivity index (χ3n) is 7.32. The van der Waals surface area contributed by atoms with Gasteiger partial charge in [-0.05, 0) is 56.1 Å². The Balaban J connectivity index is 1.32. The number of hydrogen-bond donors (Lipinski definition) is 1. The number of rotatable bonds is 3. The molecule has 0 spiro atoms. The molecule has 4 nitrogen and oxygen atoms in total. The monoisotopic (exact) mass is 371 g/mol. The normalized spacial score (nSPS) is 35.3. The van der Waals surface area contributed by atoms with Gasteiger partial charge >= 0.3 is 0 Å². The van der Waals surface area contributed by atoms with Crippen LogP contribution in [0.1, 0.15) is 44.1 Å². The summed E-state index contributed by atoms with van der Waals surface area (Å²) in [4.78, 5) is 15.1. The van der Waals surface area contributed by atoms with E-state index in [-0.39, 0.29) is 23.9 Å². The zero-order valence-corrected chi connectivity index (χ0v) is 16.1. The van der Waals surface area contributed by atoms with Crippen LogP contribution in [0, 0.1) is 17.7 Å².